The van der Waals surface area contributed by atoms with Crippen molar-refractivity contribution in [1.29, 1.82) is 0 Å². The van der Waals surface area contributed by atoms with E-state index in [9.17, 15) is 22.0 Å². The SMILES string of the molecule is Cc1cc(Oc2ccccc2F)ncc1-n1ncc(C(=O)c2cc3cc(F)c(NS(=O)(=O)c4cncc(Cl)c4)cc3[nH]2)c1N. The predicted octanol–water partition coefficient (Wildman–Crippen LogP) is 5.79. The van der Waals surface area contributed by atoms with Gasteiger partial charge >= 0.3 is 0 Å². The first-order valence-electron chi connectivity index (χ1n) is 12.7. The van der Waals surface area contributed by atoms with Gasteiger partial charge in [0.05, 0.1) is 40.0 Å². The molecule has 11 nitrogen and oxygen atoms in total. The summed E-state index contributed by atoms with van der Waals surface area (Å²) in [5.41, 5.74) is 7.44. The Labute approximate surface area is 253 Å². The van der Waals surface area contributed by atoms with Crippen molar-refractivity contribution in [2.24, 2.45) is 0 Å². The average molecular weight is 636 g/mol. The molecule has 0 saturated heterocycles. The lowest BCUT2D eigenvalue weighted by atomic mass is 10.1. The summed E-state index contributed by atoms with van der Waals surface area (Å²) in [6, 6.07) is 12.4. The third-order valence-corrected chi connectivity index (χ3v) is 8.12. The van der Waals surface area contributed by atoms with Crippen LogP contribution in [0.3, 0.4) is 0 Å². The number of H-pyrrole nitrogens is 1. The summed E-state index contributed by atoms with van der Waals surface area (Å²) in [5.74, 6) is -1.78. The number of aromatic nitrogens is 5. The number of aryl methyl sites for hydroxylation is 1. The molecule has 4 heterocycles. The van der Waals surface area contributed by atoms with E-state index in [-0.39, 0.29) is 49.8 Å². The number of nitrogens with two attached hydrogens (primary N) is 1. The van der Waals surface area contributed by atoms with Crippen molar-refractivity contribution in [2.45, 2.75) is 11.8 Å². The van der Waals surface area contributed by atoms with Crippen LogP contribution < -0.4 is 15.2 Å². The molecule has 0 aliphatic carbocycles. The van der Waals surface area contributed by atoms with Gasteiger partial charge < -0.3 is 15.5 Å². The number of halogens is 3. The zero-order valence-electron chi connectivity index (χ0n) is 22.5. The minimum Gasteiger partial charge on any atom is -0.436 e. The number of pyridine rings is 2. The number of nitrogens with zero attached hydrogens (tertiary/aromatic N) is 4. The van der Waals surface area contributed by atoms with E-state index in [4.69, 9.17) is 22.1 Å². The Bertz CT molecular complexity index is 2200. The Morgan fingerprint density at radius 3 is 2.59 bits per heavy atom. The number of rotatable bonds is 8. The van der Waals surface area contributed by atoms with Gasteiger partial charge in [-0.3, -0.25) is 14.5 Å². The molecule has 0 radical (unpaired) electrons. The Kier molecular flexibility index (Phi) is 7.23. The number of ketones is 1. The number of ether oxygens (including phenoxy) is 1. The molecule has 0 aliphatic rings. The highest BCUT2D eigenvalue weighted by Crippen LogP contribution is 2.30. The molecule has 0 amide bonds. The van der Waals surface area contributed by atoms with Gasteiger partial charge in [-0.1, -0.05) is 23.7 Å². The fraction of sp³-hybridized carbons (Fsp3) is 0.0345. The van der Waals surface area contributed by atoms with E-state index in [1.807, 2.05) is 0 Å². The third kappa shape index (κ3) is 5.43. The van der Waals surface area contributed by atoms with Gasteiger partial charge in [-0.2, -0.15) is 5.10 Å². The lowest BCUT2D eigenvalue weighted by Crippen LogP contribution is -2.14. The molecule has 0 spiro atoms. The molecule has 15 heteroatoms. The number of hydrogen-bond donors (Lipinski definition) is 3. The van der Waals surface area contributed by atoms with Gasteiger partial charge in [0.15, 0.2) is 11.6 Å². The van der Waals surface area contributed by atoms with Crippen molar-refractivity contribution in [2.75, 3.05) is 10.5 Å². The molecule has 6 aromatic rings. The van der Waals surface area contributed by atoms with Crippen LogP contribution >= 0.6 is 11.6 Å². The zero-order chi connectivity index (χ0) is 31.2. The minimum atomic E-state index is -4.21. The van der Waals surface area contributed by atoms with E-state index >= 15 is 0 Å². The number of carbonyl (C=O) groups excluding carboxylic acids is 1. The van der Waals surface area contributed by atoms with Crippen LogP contribution in [0.4, 0.5) is 20.3 Å². The number of aromatic amines is 1. The summed E-state index contributed by atoms with van der Waals surface area (Å²) in [6.07, 6.45) is 5.05. The lowest BCUT2D eigenvalue weighted by molar-refractivity contribution is 0.103. The Hall–Kier alpha value is -5.34. The van der Waals surface area contributed by atoms with Crippen LogP contribution in [0.1, 0.15) is 21.6 Å². The fourth-order valence-electron chi connectivity index (χ4n) is 4.41. The number of para-hydroxylation sites is 1. The molecular formula is C29H20ClF2N7O4S. The second-order valence-corrected chi connectivity index (χ2v) is 11.7. The minimum absolute atomic E-state index is 0.0103. The summed E-state index contributed by atoms with van der Waals surface area (Å²) < 4.78 is 63.4. The van der Waals surface area contributed by atoms with Crippen molar-refractivity contribution < 1.29 is 26.7 Å². The highest BCUT2D eigenvalue weighted by Gasteiger charge is 2.23. The first-order valence-corrected chi connectivity index (χ1v) is 14.6. The largest absolute Gasteiger partial charge is 0.436 e. The number of fused-ring (bicyclic) bond motifs is 1. The molecule has 222 valence electrons. The second-order valence-electron chi connectivity index (χ2n) is 9.57. The van der Waals surface area contributed by atoms with Gasteiger partial charge in [0, 0.05) is 29.4 Å². The lowest BCUT2D eigenvalue weighted by Gasteiger charge is -2.11. The highest BCUT2D eigenvalue weighted by atomic mass is 35.5. The fourth-order valence-corrected chi connectivity index (χ4v) is 5.69. The van der Waals surface area contributed by atoms with Gasteiger partial charge in [-0.05, 0) is 48.9 Å². The number of carbonyl (C=O) groups is 1. The molecule has 0 atom stereocenters. The maximum atomic E-state index is 14.9. The Morgan fingerprint density at radius 1 is 1.05 bits per heavy atom. The highest BCUT2D eigenvalue weighted by molar-refractivity contribution is 7.92. The van der Waals surface area contributed by atoms with E-state index in [1.54, 1.807) is 25.1 Å². The maximum Gasteiger partial charge on any atom is 0.263 e. The van der Waals surface area contributed by atoms with Crippen LogP contribution in [0.2, 0.25) is 5.02 Å². The molecule has 0 unspecified atom stereocenters. The van der Waals surface area contributed by atoms with Crippen molar-refractivity contribution in [3.63, 3.8) is 0 Å². The van der Waals surface area contributed by atoms with Gasteiger partial charge in [0.1, 0.15) is 16.5 Å². The molecule has 6 rings (SSSR count). The monoisotopic (exact) mass is 635 g/mol. The first kappa shape index (κ1) is 28.8. The van der Waals surface area contributed by atoms with E-state index in [2.05, 4.69) is 24.8 Å². The van der Waals surface area contributed by atoms with Crippen LogP contribution in [0.25, 0.3) is 16.6 Å². The first-order chi connectivity index (χ1) is 21.0. The molecule has 0 saturated carbocycles. The van der Waals surface area contributed by atoms with Gasteiger partial charge in [0.25, 0.3) is 10.0 Å². The quantitative estimate of drug-likeness (QED) is 0.177. The second kappa shape index (κ2) is 11.1. The molecule has 0 fully saturated rings. The van der Waals surface area contributed by atoms with Crippen LogP contribution in [-0.4, -0.2) is 38.9 Å². The van der Waals surface area contributed by atoms with Crippen molar-refractivity contribution in [3.8, 4) is 17.3 Å². The van der Waals surface area contributed by atoms with Crippen LogP contribution in [-0.2, 0) is 10.0 Å². The summed E-state index contributed by atoms with van der Waals surface area (Å²) in [4.78, 5) is 24.0. The average Bonchev–Trinajstić information content (AvgIpc) is 3.57. The normalized spacial score (nSPS) is 11.5. The number of nitrogens with one attached hydrogen (secondary N) is 2. The number of benzene rings is 2. The van der Waals surface area contributed by atoms with Gasteiger partial charge in [0.2, 0.25) is 11.7 Å². The van der Waals surface area contributed by atoms with Crippen molar-refractivity contribution in [3.05, 3.63) is 113 Å². The van der Waals surface area contributed by atoms with Crippen molar-refractivity contribution >= 4 is 49.8 Å². The molecule has 0 bridgehead atoms. The standard InChI is InChI=1S/C29H20ClF2N7O4S/c1-15-6-27(43-26-5-3-2-4-20(26)31)35-14-25(15)39-29(33)19(13-36-39)28(40)24-8-16-7-21(32)23(10-22(16)37-24)38-44(41,42)18-9-17(30)11-34-12-18/h2-14,37-38H,33H2,1H3. The Morgan fingerprint density at radius 2 is 1.84 bits per heavy atom. The molecule has 4 N–H and O–H groups in total. The number of nitrogen functional groups attached to an aromatic ring is 1. The van der Waals surface area contributed by atoms with E-state index in [0.717, 1.165) is 12.3 Å². The maximum absolute atomic E-state index is 14.9. The number of sulfonamides is 1. The van der Waals surface area contributed by atoms with E-state index in [1.165, 1.54) is 53.6 Å². The summed E-state index contributed by atoms with van der Waals surface area (Å²) >= 11 is 5.84. The molecule has 2 aromatic carbocycles. The zero-order valence-corrected chi connectivity index (χ0v) is 24.1. The summed E-state index contributed by atoms with van der Waals surface area (Å²) in [5, 5.41) is 4.65. The smallest absolute Gasteiger partial charge is 0.263 e. The summed E-state index contributed by atoms with van der Waals surface area (Å²) in [6.45, 7) is 1.74. The van der Waals surface area contributed by atoms with Gasteiger partial charge in [-0.15, -0.1) is 0 Å². The van der Waals surface area contributed by atoms with E-state index in [0.29, 0.717) is 16.6 Å². The Balaban J connectivity index is 1.26. The van der Waals surface area contributed by atoms with Crippen molar-refractivity contribution in [1.82, 2.24) is 24.7 Å². The number of hydrogen-bond acceptors (Lipinski definition) is 8. The van der Waals surface area contributed by atoms with Crippen LogP contribution in [0, 0.1) is 18.6 Å². The molecule has 4 aromatic heterocycles. The molecule has 0 aliphatic heterocycles. The van der Waals surface area contributed by atoms with E-state index < -0.39 is 27.4 Å². The predicted molar refractivity (Wildman–Crippen MR) is 159 cm³/mol. The van der Waals surface area contributed by atoms with Crippen LogP contribution in [0.15, 0.2) is 84.3 Å². The molecule has 44 heavy (non-hydrogen) atoms. The topological polar surface area (TPSA) is 158 Å². The molecular weight excluding hydrogens is 616 g/mol. The van der Waals surface area contributed by atoms with Gasteiger partial charge in [-0.25, -0.2) is 26.9 Å². The van der Waals surface area contributed by atoms with Crippen LogP contribution in [0.5, 0.6) is 11.6 Å². The number of anilines is 2. The summed E-state index contributed by atoms with van der Waals surface area (Å²) in [7, 11) is -4.21. The third-order valence-electron chi connectivity index (χ3n) is 6.58.